The molecule has 0 bridgehead atoms. The Kier molecular flexibility index (Phi) is 4.11. The summed E-state index contributed by atoms with van der Waals surface area (Å²) < 4.78 is 21.8. The van der Waals surface area contributed by atoms with Gasteiger partial charge in [-0.15, -0.1) is 0 Å². The molecular formula is C13H15FN4O5. The molecule has 2 aromatic rings. The summed E-state index contributed by atoms with van der Waals surface area (Å²) in [5, 5.41) is 18.7. The van der Waals surface area contributed by atoms with Gasteiger partial charge < -0.3 is 19.5 Å². The van der Waals surface area contributed by atoms with Crippen molar-refractivity contribution in [2.24, 2.45) is 0 Å². The van der Waals surface area contributed by atoms with Gasteiger partial charge in [0.25, 0.3) is 5.56 Å². The Labute approximate surface area is 128 Å². The van der Waals surface area contributed by atoms with Gasteiger partial charge in [-0.2, -0.15) is 0 Å². The molecule has 1 aliphatic rings. The summed E-state index contributed by atoms with van der Waals surface area (Å²) in [5.74, 6) is 0. The third-order valence-electron chi connectivity index (χ3n) is 3.70. The lowest BCUT2D eigenvalue weighted by Gasteiger charge is -2.16. The minimum absolute atomic E-state index is 0.130. The van der Waals surface area contributed by atoms with E-state index in [4.69, 9.17) is 9.84 Å². The molecule has 0 spiro atoms. The summed E-state index contributed by atoms with van der Waals surface area (Å²) in [4.78, 5) is 29.7. The highest BCUT2D eigenvalue weighted by Crippen LogP contribution is 2.30. The number of hydrogen-bond acceptors (Lipinski definition) is 6. The molecule has 0 radical (unpaired) electrons. The Hall–Kier alpha value is -2.30. The highest BCUT2D eigenvalue weighted by Gasteiger charge is 2.45. The number of nitrogens with one attached hydrogen (secondary N) is 1. The first-order valence-electron chi connectivity index (χ1n) is 6.90. The molecule has 1 aliphatic heterocycles. The maximum absolute atomic E-state index is 14.1. The van der Waals surface area contributed by atoms with E-state index in [1.807, 2.05) is 0 Å². The molecule has 3 N–H and O–H groups in total. The Morgan fingerprint density at radius 2 is 2.22 bits per heavy atom. The Morgan fingerprint density at radius 3 is 2.83 bits per heavy atom. The first-order chi connectivity index (χ1) is 11.0. The summed E-state index contributed by atoms with van der Waals surface area (Å²) in [7, 11) is 0. The summed E-state index contributed by atoms with van der Waals surface area (Å²) >= 11 is 0. The van der Waals surface area contributed by atoms with Crippen molar-refractivity contribution in [2.75, 3.05) is 6.61 Å². The van der Waals surface area contributed by atoms with Crippen LogP contribution in [0.4, 0.5) is 4.39 Å². The SMILES string of the molecule is O=c1[nH]c(=O)n([C@@H]2O[C@H](CO)[C@@H](O)[C@H]2F)cc1Cn1ccnc1. The monoisotopic (exact) mass is 326 g/mol. The Balaban J connectivity index is 1.96. The van der Waals surface area contributed by atoms with Gasteiger partial charge in [0, 0.05) is 18.6 Å². The number of aliphatic hydroxyl groups is 2. The van der Waals surface area contributed by atoms with Crippen molar-refractivity contribution >= 4 is 0 Å². The van der Waals surface area contributed by atoms with Gasteiger partial charge in [0.1, 0.15) is 12.2 Å². The molecule has 1 fully saturated rings. The average molecular weight is 326 g/mol. The molecule has 9 nitrogen and oxygen atoms in total. The zero-order valence-corrected chi connectivity index (χ0v) is 11.9. The Bertz CT molecular complexity index is 786. The maximum atomic E-state index is 14.1. The van der Waals surface area contributed by atoms with Crippen LogP contribution < -0.4 is 11.2 Å². The normalized spacial score (nSPS) is 27.4. The average Bonchev–Trinajstić information content (AvgIpc) is 3.12. The lowest BCUT2D eigenvalue weighted by molar-refractivity contribution is -0.0492. The molecule has 0 saturated carbocycles. The lowest BCUT2D eigenvalue weighted by Crippen LogP contribution is -2.37. The van der Waals surface area contributed by atoms with Crippen LogP contribution >= 0.6 is 0 Å². The van der Waals surface area contributed by atoms with Crippen LogP contribution in [0, 0.1) is 0 Å². The van der Waals surface area contributed by atoms with E-state index in [1.165, 1.54) is 18.7 Å². The van der Waals surface area contributed by atoms with Crippen LogP contribution in [0.5, 0.6) is 0 Å². The number of imidazole rings is 1. The standard InChI is InChI=1S/C13H15FN4O5/c14-9-10(20)8(5-19)23-12(9)18-4-7(11(21)16-13(18)22)3-17-2-1-15-6-17/h1-2,4,6,8-10,12,19-20H,3,5H2,(H,16,21,22)/t8-,9-,10-,12-/m1/s1. The molecule has 10 heteroatoms. The smallest absolute Gasteiger partial charge is 0.330 e. The van der Waals surface area contributed by atoms with Gasteiger partial charge in [-0.1, -0.05) is 0 Å². The molecule has 0 amide bonds. The molecule has 0 aliphatic carbocycles. The number of hydrogen-bond donors (Lipinski definition) is 3. The number of halogens is 1. The highest BCUT2D eigenvalue weighted by molar-refractivity contribution is 5.07. The second-order valence-corrected chi connectivity index (χ2v) is 5.24. The van der Waals surface area contributed by atoms with E-state index in [9.17, 15) is 19.1 Å². The fourth-order valence-corrected chi connectivity index (χ4v) is 2.48. The minimum atomic E-state index is -1.91. The summed E-state index contributed by atoms with van der Waals surface area (Å²) in [6.07, 6.45) is -0.180. The number of aromatic amines is 1. The largest absolute Gasteiger partial charge is 0.394 e. The fourth-order valence-electron chi connectivity index (χ4n) is 2.48. The third kappa shape index (κ3) is 2.83. The van der Waals surface area contributed by atoms with Gasteiger partial charge in [-0.3, -0.25) is 14.3 Å². The molecule has 1 saturated heterocycles. The quantitative estimate of drug-likeness (QED) is 0.620. The lowest BCUT2D eigenvalue weighted by atomic mass is 10.1. The van der Waals surface area contributed by atoms with Crippen molar-refractivity contribution in [1.29, 1.82) is 0 Å². The van der Waals surface area contributed by atoms with Crippen LogP contribution in [0.25, 0.3) is 0 Å². The number of aromatic nitrogens is 4. The zero-order valence-electron chi connectivity index (χ0n) is 11.9. The number of aliphatic hydroxyl groups excluding tert-OH is 2. The molecule has 23 heavy (non-hydrogen) atoms. The van der Waals surface area contributed by atoms with Crippen LogP contribution in [0.1, 0.15) is 11.8 Å². The minimum Gasteiger partial charge on any atom is -0.394 e. The van der Waals surface area contributed by atoms with Gasteiger partial charge in [0.05, 0.1) is 25.0 Å². The molecule has 2 aromatic heterocycles. The van der Waals surface area contributed by atoms with Crippen LogP contribution in [0.2, 0.25) is 0 Å². The van der Waals surface area contributed by atoms with Gasteiger partial charge in [-0.25, -0.2) is 14.2 Å². The fraction of sp³-hybridized carbons (Fsp3) is 0.462. The second kappa shape index (κ2) is 6.07. The van der Waals surface area contributed by atoms with Crippen molar-refractivity contribution in [2.45, 2.75) is 31.2 Å². The van der Waals surface area contributed by atoms with E-state index >= 15 is 0 Å². The molecule has 124 valence electrons. The predicted molar refractivity (Wildman–Crippen MR) is 74.6 cm³/mol. The van der Waals surface area contributed by atoms with Crippen molar-refractivity contribution < 1.29 is 19.3 Å². The summed E-state index contributed by atoms with van der Waals surface area (Å²) in [6.45, 7) is -0.455. The van der Waals surface area contributed by atoms with Crippen molar-refractivity contribution in [3.8, 4) is 0 Å². The van der Waals surface area contributed by atoms with E-state index in [-0.39, 0.29) is 12.1 Å². The van der Waals surface area contributed by atoms with Crippen LogP contribution in [0.3, 0.4) is 0 Å². The number of alkyl halides is 1. The van der Waals surface area contributed by atoms with Crippen molar-refractivity contribution in [3.05, 3.63) is 51.3 Å². The summed E-state index contributed by atoms with van der Waals surface area (Å²) in [5.41, 5.74) is -1.27. The zero-order chi connectivity index (χ0) is 16.6. The molecule has 3 heterocycles. The van der Waals surface area contributed by atoms with Crippen LogP contribution in [-0.2, 0) is 11.3 Å². The molecule has 0 aromatic carbocycles. The van der Waals surface area contributed by atoms with Crippen molar-refractivity contribution in [3.63, 3.8) is 0 Å². The second-order valence-electron chi connectivity index (χ2n) is 5.24. The van der Waals surface area contributed by atoms with E-state index in [0.29, 0.717) is 0 Å². The number of H-pyrrole nitrogens is 1. The van der Waals surface area contributed by atoms with Crippen LogP contribution in [-0.4, -0.2) is 54.3 Å². The van der Waals surface area contributed by atoms with Gasteiger partial charge in [-0.05, 0) is 0 Å². The summed E-state index contributed by atoms with van der Waals surface area (Å²) in [6, 6.07) is 0. The topological polar surface area (TPSA) is 122 Å². The van der Waals surface area contributed by atoms with Crippen molar-refractivity contribution in [1.82, 2.24) is 19.1 Å². The maximum Gasteiger partial charge on any atom is 0.330 e. The number of rotatable bonds is 4. The van der Waals surface area contributed by atoms with E-state index in [2.05, 4.69) is 9.97 Å². The predicted octanol–water partition coefficient (Wildman–Crippen LogP) is -1.63. The Morgan fingerprint density at radius 1 is 1.43 bits per heavy atom. The van der Waals surface area contributed by atoms with E-state index in [0.717, 1.165) is 4.57 Å². The van der Waals surface area contributed by atoms with Gasteiger partial charge in [0.2, 0.25) is 0 Å². The van der Waals surface area contributed by atoms with E-state index in [1.54, 1.807) is 10.8 Å². The van der Waals surface area contributed by atoms with Gasteiger partial charge >= 0.3 is 5.69 Å². The third-order valence-corrected chi connectivity index (χ3v) is 3.70. The first kappa shape index (κ1) is 15.6. The first-order valence-corrected chi connectivity index (χ1v) is 6.90. The highest BCUT2D eigenvalue weighted by atomic mass is 19.1. The number of ether oxygens (including phenoxy) is 1. The molecule has 0 unspecified atom stereocenters. The molecule has 4 atom stereocenters. The molecule has 3 rings (SSSR count). The van der Waals surface area contributed by atoms with E-state index < -0.39 is 42.5 Å². The van der Waals surface area contributed by atoms with Crippen LogP contribution in [0.15, 0.2) is 34.5 Å². The number of nitrogens with zero attached hydrogens (tertiary/aromatic N) is 3. The molecular weight excluding hydrogens is 311 g/mol. The van der Waals surface area contributed by atoms with Gasteiger partial charge in [0.15, 0.2) is 12.4 Å².